The zero-order valence-corrected chi connectivity index (χ0v) is 22.8. The lowest BCUT2D eigenvalue weighted by Gasteiger charge is -2.09. The number of rotatable bonds is 5. The fourth-order valence-electron chi connectivity index (χ4n) is 3.67. The summed E-state index contributed by atoms with van der Waals surface area (Å²) in [5.41, 5.74) is 4.46. The predicted molar refractivity (Wildman–Crippen MR) is 160 cm³/mol. The molecule has 0 saturated carbocycles. The summed E-state index contributed by atoms with van der Waals surface area (Å²) >= 11 is 23.8. The molecule has 8 nitrogen and oxygen atoms in total. The third kappa shape index (κ3) is 6.55. The minimum absolute atomic E-state index is 0.344. The van der Waals surface area contributed by atoms with Crippen LogP contribution in [0.3, 0.4) is 0 Å². The normalized spacial score (nSPS) is 10.8. The topological polar surface area (TPSA) is 111 Å². The molecule has 0 fully saturated rings. The van der Waals surface area contributed by atoms with Gasteiger partial charge in [-0.25, -0.2) is 14.6 Å². The van der Waals surface area contributed by atoms with Crippen molar-refractivity contribution in [1.29, 1.82) is 0 Å². The van der Waals surface area contributed by atoms with Gasteiger partial charge in [-0.1, -0.05) is 46.4 Å². The van der Waals surface area contributed by atoms with Gasteiger partial charge >= 0.3 is 12.1 Å². The van der Waals surface area contributed by atoms with Crippen molar-refractivity contribution in [2.24, 2.45) is 0 Å². The largest absolute Gasteiger partial charge is 0.338 e. The van der Waals surface area contributed by atoms with Gasteiger partial charge in [-0.15, -0.1) is 0 Å². The van der Waals surface area contributed by atoms with Crippen molar-refractivity contribution in [1.82, 2.24) is 9.97 Å². The van der Waals surface area contributed by atoms with Crippen LogP contribution in [0.15, 0.2) is 78.9 Å². The van der Waals surface area contributed by atoms with E-state index in [4.69, 9.17) is 46.4 Å². The predicted octanol–water partition coefficient (Wildman–Crippen LogP) is 9.13. The summed E-state index contributed by atoms with van der Waals surface area (Å²) in [7, 11) is 0. The molecule has 1 aromatic heterocycles. The zero-order chi connectivity index (χ0) is 27.5. The zero-order valence-electron chi connectivity index (χ0n) is 19.8. The van der Waals surface area contributed by atoms with Gasteiger partial charge in [-0.05, 0) is 78.9 Å². The number of imidazole rings is 1. The fraction of sp³-hybridized carbons (Fsp3) is 0. The Bertz CT molecular complexity index is 1710. The van der Waals surface area contributed by atoms with Crippen LogP contribution in [0.5, 0.6) is 0 Å². The second-order valence-electron chi connectivity index (χ2n) is 8.31. The molecule has 5 rings (SSSR count). The molecule has 196 valence electrons. The van der Waals surface area contributed by atoms with E-state index in [0.29, 0.717) is 48.7 Å². The highest BCUT2D eigenvalue weighted by Crippen LogP contribution is 2.27. The molecule has 0 aliphatic heterocycles. The van der Waals surface area contributed by atoms with Crippen molar-refractivity contribution in [2.75, 3.05) is 21.3 Å². The molecule has 0 spiro atoms. The van der Waals surface area contributed by atoms with Gasteiger partial charge in [0.2, 0.25) is 0 Å². The van der Waals surface area contributed by atoms with Crippen molar-refractivity contribution >= 4 is 92.2 Å². The van der Waals surface area contributed by atoms with Gasteiger partial charge in [0.15, 0.2) is 0 Å². The number of amides is 4. The number of carbonyl (C=O) groups is 2. The number of nitrogens with zero attached hydrogens (tertiary/aromatic N) is 1. The Labute approximate surface area is 242 Å². The molecule has 0 saturated heterocycles. The molecule has 0 bridgehead atoms. The smallest absolute Gasteiger partial charge is 0.323 e. The molecule has 5 aromatic rings. The second kappa shape index (κ2) is 11.4. The van der Waals surface area contributed by atoms with Crippen molar-refractivity contribution < 1.29 is 9.59 Å². The quantitative estimate of drug-likeness (QED) is 0.139. The summed E-state index contributed by atoms with van der Waals surface area (Å²) in [5.74, 6) is 0.634. The number of carbonyl (C=O) groups excluding carboxylic acids is 2. The first-order chi connectivity index (χ1) is 18.7. The van der Waals surface area contributed by atoms with Gasteiger partial charge in [0.25, 0.3) is 0 Å². The number of anilines is 4. The number of fused-ring (bicyclic) bond motifs is 1. The maximum absolute atomic E-state index is 12.4. The van der Waals surface area contributed by atoms with Crippen LogP contribution in [-0.4, -0.2) is 22.0 Å². The molecule has 0 aliphatic rings. The first-order valence-corrected chi connectivity index (χ1v) is 12.9. The maximum Gasteiger partial charge on any atom is 0.323 e. The summed E-state index contributed by atoms with van der Waals surface area (Å²) in [5, 5.41) is 12.5. The van der Waals surface area contributed by atoms with Crippen LogP contribution in [0.25, 0.3) is 22.4 Å². The molecule has 4 amide bonds. The van der Waals surface area contributed by atoms with Crippen molar-refractivity contribution in [2.45, 2.75) is 0 Å². The number of nitrogens with one attached hydrogen (secondary N) is 5. The van der Waals surface area contributed by atoms with Crippen LogP contribution < -0.4 is 21.3 Å². The van der Waals surface area contributed by atoms with E-state index >= 15 is 0 Å². The number of aromatic nitrogens is 2. The minimum Gasteiger partial charge on any atom is -0.338 e. The molecular weight excluding hydrogens is 582 g/mol. The number of benzene rings is 4. The Morgan fingerprint density at radius 2 is 1.03 bits per heavy atom. The van der Waals surface area contributed by atoms with Crippen LogP contribution in [0, 0.1) is 0 Å². The lowest BCUT2D eigenvalue weighted by atomic mass is 10.2. The molecule has 0 aliphatic carbocycles. The molecule has 0 radical (unpaired) electrons. The molecule has 12 heteroatoms. The second-order valence-corrected chi connectivity index (χ2v) is 9.94. The van der Waals surface area contributed by atoms with Gasteiger partial charge in [-0.3, -0.25) is 0 Å². The van der Waals surface area contributed by atoms with E-state index < -0.39 is 12.1 Å². The first kappa shape index (κ1) is 26.6. The number of H-pyrrole nitrogens is 1. The molecule has 4 aromatic carbocycles. The van der Waals surface area contributed by atoms with Crippen molar-refractivity contribution in [3.05, 3.63) is 99.0 Å². The Balaban J connectivity index is 1.22. The lowest BCUT2D eigenvalue weighted by Crippen LogP contribution is -2.19. The van der Waals surface area contributed by atoms with Gasteiger partial charge in [0.05, 0.1) is 31.1 Å². The maximum atomic E-state index is 12.4. The van der Waals surface area contributed by atoms with E-state index in [9.17, 15) is 9.59 Å². The third-order valence-corrected chi connectivity index (χ3v) is 6.99. The third-order valence-electron chi connectivity index (χ3n) is 5.51. The lowest BCUT2D eigenvalue weighted by molar-refractivity contribution is 0.261. The van der Waals surface area contributed by atoms with Gasteiger partial charge < -0.3 is 26.3 Å². The molecule has 39 heavy (non-hydrogen) atoms. The van der Waals surface area contributed by atoms with Crippen LogP contribution in [-0.2, 0) is 0 Å². The fourth-order valence-corrected chi connectivity index (χ4v) is 4.27. The SMILES string of the molecule is O=C(Nc1ccc(-c2nc3ccc(NC(=O)Nc4ccc(Cl)c(Cl)c4)cc3[nH]2)cc1)Nc1ccc(Cl)c(Cl)c1. The highest BCUT2D eigenvalue weighted by molar-refractivity contribution is 6.42. The van der Waals surface area contributed by atoms with Crippen LogP contribution in [0.1, 0.15) is 0 Å². The summed E-state index contributed by atoms with van der Waals surface area (Å²) < 4.78 is 0. The summed E-state index contributed by atoms with van der Waals surface area (Å²) in [6.07, 6.45) is 0. The van der Waals surface area contributed by atoms with Gasteiger partial charge in [0.1, 0.15) is 5.82 Å². The Kier molecular flexibility index (Phi) is 7.81. The number of hydrogen-bond acceptors (Lipinski definition) is 3. The number of hydrogen-bond donors (Lipinski definition) is 5. The average molecular weight is 600 g/mol. The van der Waals surface area contributed by atoms with Crippen LogP contribution in [0.2, 0.25) is 20.1 Å². The van der Waals surface area contributed by atoms with E-state index in [1.807, 2.05) is 12.1 Å². The summed E-state index contributed by atoms with van der Waals surface area (Å²) in [6, 6.07) is 21.3. The van der Waals surface area contributed by atoms with Crippen molar-refractivity contribution in [3.63, 3.8) is 0 Å². The van der Waals surface area contributed by atoms with E-state index in [1.54, 1.807) is 66.7 Å². The number of aromatic amines is 1. The minimum atomic E-state index is -0.432. The summed E-state index contributed by atoms with van der Waals surface area (Å²) in [6.45, 7) is 0. The molecule has 0 atom stereocenters. The summed E-state index contributed by atoms with van der Waals surface area (Å²) in [4.78, 5) is 32.6. The van der Waals surface area contributed by atoms with E-state index in [0.717, 1.165) is 16.6 Å². The van der Waals surface area contributed by atoms with Crippen molar-refractivity contribution in [3.8, 4) is 11.4 Å². The molecule has 0 unspecified atom stereocenters. The highest BCUT2D eigenvalue weighted by atomic mass is 35.5. The Hall–Kier alpha value is -3.95. The Morgan fingerprint density at radius 1 is 0.564 bits per heavy atom. The van der Waals surface area contributed by atoms with Crippen LogP contribution in [0.4, 0.5) is 32.3 Å². The van der Waals surface area contributed by atoms with E-state index in [-0.39, 0.29) is 0 Å². The van der Waals surface area contributed by atoms with Crippen LogP contribution >= 0.6 is 46.4 Å². The Morgan fingerprint density at radius 3 is 1.56 bits per heavy atom. The van der Waals surface area contributed by atoms with Gasteiger partial charge in [0, 0.05) is 28.3 Å². The highest BCUT2D eigenvalue weighted by Gasteiger charge is 2.10. The van der Waals surface area contributed by atoms with E-state index in [2.05, 4.69) is 31.2 Å². The monoisotopic (exact) mass is 598 g/mol. The molecule has 5 N–H and O–H groups in total. The number of urea groups is 2. The molecule has 1 heterocycles. The van der Waals surface area contributed by atoms with E-state index in [1.165, 1.54) is 0 Å². The first-order valence-electron chi connectivity index (χ1n) is 11.4. The van der Waals surface area contributed by atoms with Gasteiger partial charge in [-0.2, -0.15) is 0 Å². The number of halogens is 4. The standard InChI is InChI=1S/C27H18Cl4N6O2/c28-19-8-5-16(11-21(19)30)33-26(38)32-15-3-1-14(2-4-15)25-36-23-10-7-18(13-24(23)37-25)35-27(39)34-17-6-9-20(29)22(31)12-17/h1-13H,(H,36,37)(H2,32,33,38)(H2,34,35,39). The molecular formula is C27H18Cl4N6O2. The average Bonchev–Trinajstić information content (AvgIpc) is 3.32.